The van der Waals surface area contributed by atoms with E-state index in [0.29, 0.717) is 19.8 Å². The molecule has 0 spiro atoms. The van der Waals surface area contributed by atoms with Gasteiger partial charge < -0.3 is 19.9 Å². The van der Waals surface area contributed by atoms with Crippen LogP contribution < -0.4 is 5.32 Å². The molecular formula is C15H22BrNO3. The molecule has 2 N–H and O–H groups in total. The van der Waals surface area contributed by atoms with E-state index in [1.807, 2.05) is 18.2 Å². The van der Waals surface area contributed by atoms with Crippen LogP contribution in [0.5, 0.6) is 0 Å². The van der Waals surface area contributed by atoms with Crippen LogP contribution in [0.1, 0.15) is 18.4 Å². The topological polar surface area (TPSA) is 50.7 Å². The van der Waals surface area contributed by atoms with Crippen molar-refractivity contribution in [1.29, 1.82) is 0 Å². The predicted octanol–water partition coefficient (Wildman–Crippen LogP) is 2.10. The number of ether oxygens (including phenoxy) is 2. The van der Waals surface area contributed by atoms with E-state index in [1.165, 1.54) is 5.56 Å². The van der Waals surface area contributed by atoms with Gasteiger partial charge >= 0.3 is 0 Å². The van der Waals surface area contributed by atoms with Gasteiger partial charge in [-0.25, -0.2) is 0 Å². The lowest BCUT2D eigenvalue weighted by molar-refractivity contribution is -0.0164. The third kappa shape index (κ3) is 5.50. The highest BCUT2D eigenvalue weighted by atomic mass is 79.9. The molecule has 1 fully saturated rings. The molecule has 5 heteroatoms. The summed E-state index contributed by atoms with van der Waals surface area (Å²) in [5.74, 6) is 0. The lowest BCUT2D eigenvalue weighted by atomic mass is 10.2. The van der Waals surface area contributed by atoms with E-state index in [4.69, 9.17) is 9.47 Å². The first-order chi connectivity index (χ1) is 9.75. The second-order valence-electron chi connectivity index (χ2n) is 5.05. The van der Waals surface area contributed by atoms with Crippen molar-refractivity contribution in [2.45, 2.75) is 31.6 Å². The minimum atomic E-state index is -0.487. The summed E-state index contributed by atoms with van der Waals surface area (Å²) >= 11 is 3.50. The summed E-state index contributed by atoms with van der Waals surface area (Å²) in [5.41, 5.74) is 1.18. The molecule has 0 saturated carbocycles. The predicted molar refractivity (Wildman–Crippen MR) is 81.6 cm³/mol. The summed E-state index contributed by atoms with van der Waals surface area (Å²) in [6.45, 7) is 3.02. The Bertz CT molecular complexity index is 396. The van der Waals surface area contributed by atoms with E-state index in [-0.39, 0.29) is 6.10 Å². The molecule has 0 aliphatic carbocycles. The zero-order valence-corrected chi connectivity index (χ0v) is 13.1. The van der Waals surface area contributed by atoms with Gasteiger partial charge in [0.2, 0.25) is 0 Å². The normalized spacial score (nSPS) is 20.2. The van der Waals surface area contributed by atoms with Crippen molar-refractivity contribution in [2.75, 3.05) is 26.4 Å². The first kappa shape index (κ1) is 15.9. The van der Waals surface area contributed by atoms with Crippen LogP contribution >= 0.6 is 15.9 Å². The maximum absolute atomic E-state index is 9.83. The molecule has 2 rings (SSSR count). The number of rotatable bonds is 8. The molecule has 0 aromatic heterocycles. The van der Waals surface area contributed by atoms with Crippen LogP contribution in [0, 0.1) is 0 Å². The second-order valence-corrected chi connectivity index (χ2v) is 5.90. The SMILES string of the molecule is OC(CNCc1ccccc1Br)COCC1CCCO1. The van der Waals surface area contributed by atoms with Crippen molar-refractivity contribution in [1.82, 2.24) is 5.32 Å². The monoisotopic (exact) mass is 343 g/mol. The second kappa shape index (κ2) is 8.74. The molecule has 1 aromatic rings. The molecule has 4 nitrogen and oxygen atoms in total. The van der Waals surface area contributed by atoms with Crippen LogP contribution in [0.2, 0.25) is 0 Å². The molecule has 1 heterocycles. The van der Waals surface area contributed by atoms with Gasteiger partial charge in [-0.3, -0.25) is 0 Å². The number of hydrogen-bond acceptors (Lipinski definition) is 4. The van der Waals surface area contributed by atoms with Gasteiger partial charge in [0.05, 0.1) is 25.4 Å². The van der Waals surface area contributed by atoms with E-state index in [1.54, 1.807) is 0 Å². The van der Waals surface area contributed by atoms with Crippen molar-refractivity contribution in [3.05, 3.63) is 34.3 Å². The van der Waals surface area contributed by atoms with Gasteiger partial charge in [-0.1, -0.05) is 34.1 Å². The molecule has 1 aliphatic rings. The third-order valence-electron chi connectivity index (χ3n) is 3.29. The van der Waals surface area contributed by atoms with Crippen LogP contribution in [0.15, 0.2) is 28.7 Å². The molecule has 20 heavy (non-hydrogen) atoms. The quantitative estimate of drug-likeness (QED) is 0.758. The fraction of sp³-hybridized carbons (Fsp3) is 0.600. The largest absolute Gasteiger partial charge is 0.389 e. The van der Waals surface area contributed by atoms with E-state index in [2.05, 4.69) is 27.3 Å². The molecule has 2 unspecified atom stereocenters. The summed E-state index contributed by atoms with van der Waals surface area (Å²) in [5, 5.41) is 13.1. The lowest BCUT2D eigenvalue weighted by Crippen LogP contribution is -2.31. The fourth-order valence-electron chi connectivity index (χ4n) is 2.19. The van der Waals surface area contributed by atoms with Crippen molar-refractivity contribution < 1.29 is 14.6 Å². The minimum absolute atomic E-state index is 0.218. The van der Waals surface area contributed by atoms with E-state index in [9.17, 15) is 5.11 Å². The Balaban J connectivity index is 1.55. The summed E-state index contributed by atoms with van der Waals surface area (Å²) in [7, 11) is 0. The summed E-state index contributed by atoms with van der Waals surface area (Å²) < 4.78 is 12.0. The molecule has 1 aromatic carbocycles. The average Bonchev–Trinajstić information content (AvgIpc) is 2.94. The number of halogens is 1. The molecule has 0 radical (unpaired) electrons. The number of hydrogen-bond donors (Lipinski definition) is 2. The maximum atomic E-state index is 9.83. The Hall–Kier alpha value is -0.460. The van der Waals surface area contributed by atoms with Crippen LogP contribution in [0.25, 0.3) is 0 Å². The Labute approximate surface area is 128 Å². The lowest BCUT2D eigenvalue weighted by Gasteiger charge is -2.15. The molecular weight excluding hydrogens is 322 g/mol. The van der Waals surface area contributed by atoms with Gasteiger partial charge in [0.15, 0.2) is 0 Å². The summed E-state index contributed by atoms with van der Waals surface area (Å²) in [6, 6.07) is 8.06. The smallest absolute Gasteiger partial charge is 0.0897 e. The minimum Gasteiger partial charge on any atom is -0.389 e. The van der Waals surface area contributed by atoms with Gasteiger partial charge in [-0.15, -0.1) is 0 Å². The number of aliphatic hydroxyl groups excluding tert-OH is 1. The molecule has 1 aliphatic heterocycles. The molecule has 0 bridgehead atoms. The van der Waals surface area contributed by atoms with Gasteiger partial charge in [0.1, 0.15) is 0 Å². The number of aliphatic hydroxyl groups is 1. The molecule has 1 saturated heterocycles. The highest BCUT2D eigenvalue weighted by Gasteiger charge is 2.16. The third-order valence-corrected chi connectivity index (χ3v) is 4.06. The summed E-state index contributed by atoms with van der Waals surface area (Å²) in [6.07, 6.45) is 1.91. The van der Waals surface area contributed by atoms with Gasteiger partial charge in [0.25, 0.3) is 0 Å². The van der Waals surface area contributed by atoms with Gasteiger partial charge in [-0.05, 0) is 24.5 Å². The number of nitrogens with one attached hydrogen (secondary N) is 1. The van der Waals surface area contributed by atoms with Crippen LogP contribution in [-0.2, 0) is 16.0 Å². The van der Waals surface area contributed by atoms with Crippen LogP contribution in [0.4, 0.5) is 0 Å². The Morgan fingerprint density at radius 3 is 3.05 bits per heavy atom. The first-order valence-electron chi connectivity index (χ1n) is 7.07. The maximum Gasteiger partial charge on any atom is 0.0897 e. The van der Waals surface area contributed by atoms with Crippen molar-refractivity contribution in [3.63, 3.8) is 0 Å². The van der Waals surface area contributed by atoms with Crippen molar-refractivity contribution in [2.24, 2.45) is 0 Å². The van der Waals surface area contributed by atoms with Gasteiger partial charge in [0, 0.05) is 24.2 Å². The zero-order valence-electron chi connectivity index (χ0n) is 11.6. The summed E-state index contributed by atoms with van der Waals surface area (Å²) in [4.78, 5) is 0. The highest BCUT2D eigenvalue weighted by molar-refractivity contribution is 9.10. The first-order valence-corrected chi connectivity index (χ1v) is 7.86. The molecule has 2 atom stereocenters. The fourth-order valence-corrected chi connectivity index (χ4v) is 2.61. The highest BCUT2D eigenvalue weighted by Crippen LogP contribution is 2.15. The van der Waals surface area contributed by atoms with Gasteiger partial charge in [-0.2, -0.15) is 0 Å². The standard InChI is InChI=1S/C15H22BrNO3/c16-15-6-2-1-4-12(15)8-17-9-13(18)10-19-11-14-5-3-7-20-14/h1-2,4,6,13-14,17-18H,3,5,7-11H2. The van der Waals surface area contributed by atoms with E-state index in [0.717, 1.165) is 30.5 Å². The van der Waals surface area contributed by atoms with Crippen LogP contribution in [0.3, 0.4) is 0 Å². The molecule has 112 valence electrons. The zero-order chi connectivity index (χ0) is 14.2. The van der Waals surface area contributed by atoms with E-state index >= 15 is 0 Å². The van der Waals surface area contributed by atoms with Crippen LogP contribution in [-0.4, -0.2) is 43.7 Å². The average molecular weight is 344 g/mol. The number of benzene rings is 1. The van der Waals surface area contributed by atoms with E-state index < -0.39 is 6.10 Å². The Morgan fingerprint density at radius 1 is 1.45 bits per heavy atom. The van der Waals surface area contributed by atoms with Crippen molar-refractivity contribution >= 4 is 15.9 Å². The van der Waals surface area contributed by atoms with Crippen molar-refractivity contribution in [3.8, 4) is 0 Å². The molecule has 0 amide bonds. The Kier molecular flexibility index (Phi) is 6.96. The Morgan fingerprint density at radius 2 is 2.30 bits per heavy atom.